The van der Waals surface area contributed by atoms with Crippen LogP contribution in [0.2, 0.25) is 0 Å². The Hall–Kier alpha value is -2.26. The van der Waals surface area contributed by atoms with Gasteiger partial charge in [-0.3, -0.25) is 4.72 Å². The van der Waals surface area contributed by atoms with Gasteiger partial charge in [-0.1, -0.05) is 18.2 Å². The molecule has 0 aromatic heterocycles. The zero-order valence-corrected chi connectivity index (χ0v) is 14.9. The third-order valence-electron chi connectivity index (χ3n) is 4.66. The molecule has 1 aliphatic rings. The van der Waals surface area contributed by atoms with Crippen LogP contribution < -0.4 is 4.72 Å². The fourth-order valence-electron chi connectivity index (χ4n) is 3.33. The Bertz CT molecular complexity index is 944. The van der Waals surface area contributed by atoms with Gasteiger partial charge in [0, 0.05) is 5.69 Å². The number of benzene rings is 2. The smallest absolute Gasteiger partial charge is 0.508 e. The Labute approximate surface area is 154 Å². The number of hydrogen-bond acceptors (Lipinski definition) is 4. The number of fused-ring (bicyclic) bond motifs is 1. The van der Waals surface area contributed by atoms with E-state index in [9.17, 15) is 31.8 Å². The molecule has 3 rings (SSSR count). The number of hydrogen-bond donors (Lipinski definition) is 3. The number of halogens is 3. The van der Waals surface area contributed by atoms with Gasteiger partial charge in [0.05, 0.1) is 6.10 Å². The number of rotatable bonds is 4. The van der Waals surface area contributed by atoms with E-state index in [2.05, 4.69) is 0 Å². The Balaban J connectivity index is 1.77. The Morgan fingerprint density at radius 2 is 1.89 bits per heavy atom. The minimum Gasteiger partial charge on any atom is -0.508 e. The SMILES string of the molecule is O=S(=O)(Nc1cccc(C[C@H]2CCc3ccc(O)cc3[C@H]2O)c1)C(F)(F)F. The predicted octanol–water partition coefficient (Wildman–Crippen LogP) is 3.49. The molecule has 9 heteroatoms. The normalized spacial score (nSPS) is 20.1. The first-order chi connectivity index (χ1) is 12.6. The van der Waals surface area contributed by atoms with Gasteiger partial charge in [-0.2, -0.15) is 21.6 Å². The summed E-state index contributed by atoms with van der Waals surface area (Å²) in [4.78, 5) is 0. The zero-order chi connectivity index (χ0) is 19.8. The summed E-state index contributed by atoms with van der Waals surface area (Å²) in [6.07, 6.45) is 0.906. The molecule has 0 saturated heterocycles. The summed E-state index contributed by atoms with van der Waals surface area (Å²) in [6, 6.07) is 10.5. The van der Waals surface area contributed by atoms with Crippen LogP contribution in [-0.4, -0.2) is 24.1 Å². The van der Waals surface area contributed by atoms with E-state index >= 15 is 0 Å². The van der Waals surface area contributed by atoms with Crippen molar-refractivity contribution in [3.63, 3.8) is 0 Å². The van der Waals surface area contributed by atoms with E-state index in [1.54, 1.807) is 18.2 Å². The molecule has 2 aromatic rings. The van der Waals surface area contributed by atoms with Crippen molar-refractivity contribution in [2.24, 2.45) is 5.92 Å². The number of anilines is 1. The van der Waals surface area contributed by atoms with Crippen molar-refractivity contribution in [3.05, 3.63) is 59.2 Å². The molecule has 2 aromatic carbocycles. The highest BCUT2D eigenvalue weighted by Crippen LogP contribution is 2.38. The van der Waals surface area contributed by atoms with Gasteiger partial charge in [0.25, 0.3) is 0 Å². The molecule has 0 unspecified atom stereocenters. The summed E-state index contributed by atoms with van der Waals surface area (Å²) < 4.78 is 61.5. The van der Waals surface area contributed by atoms with Gasteiger partial charge in [-0.25, -0.2) is 0 Å². The number of nitrogens with one attached hydrogen (secondary N) is 1. The number of phenols is 1. The summed E-state index contributed by atoms with van der Waals surface area (Å²) in [5.74, 6) is -0.147. The maximum atomic E-state index is 12.5. The Morgan fingerprint density at radius 3 is 2.59 bits per heavy atom. The van der Waals surface area contributed by atoms with E-state index < -0.39 is 21.6 Å². The number of aromatic hydroxyl groups is 1. The molecule has 146 valence electrons. The average Bonchev–Trinajstić information content (AvgIpc) is 2.57. The molecule has 5 nitrogen and oxygen atoms in total. The van der Waals surface area contributed by atoms with Gasteiger partial charge < -0.3 is 10.2 Å². The molecular weight excluding hydrogens is 383 g/mol. The van der Waals surface area contributed by atoms with Gasteiger partial charge in [0.15, 0.2) is 0 Å². The lowest BCUT2D eigenvalue weighted by atomic mass is 9.78. The van der Waals surface area contributed by atoms with Crippen LogP contribution in [0.1, 0.15) is 29.2 Å². The van der Waals surface area contributed by atoms with Gasteiger partial charge in [-0.15, -0.1) is 0 Å². The molecule has 0 fully saturated rings. The van der Waals surface area contributed by atoms with E-state index in [-0.39, 0.29) is 17.4 Å². The molecule has 2 atom stereocenters. The number of aryl methyl sites for hydroxylation is 1. The van der Waals surface area contributed by atoms with Crippen LogP contribution in [0.4, 0.5) is 18.9 Å². The van der Waals surface area contributed by atoms with Crippen LogP contribution in [0.5, 0.6) is 5.75 Å². The van der Waals surface area contributed by atoms with Crippen molar-refractivity contribution in [3.8, 4) is 5.75 Å². The number of alkyl halides is 3. The first kappa shape index (κ1) is 19.5. The number of phenolic OH excluding ortho intramolecular Hbond substituents is 1. The molecule has 0 spiro atoms. The highest BCUT2D eigenvalue weighted by atomic mass is 32.2. The van der Waals surface area contributed by atoms with Gasteiger partial charge >= 0.3 is 15.5 Å². The van der Waals surface area contributed by atoms with Crippen molar-refractivity contribution < 1.29 is 31.8 Å². The second kappa shape index (κ2) is 7.05. The van der Waals surface area contributed by atoms with Crippen LogP contribution in [-0.2, 0) is 22.9 Å². The Morgan fingerprint density at radius 1 is 1.15 bits per heavy atom. The number of sulfonamides is 1. The summed E-state index contributed by atoms with van der Waals surface area (Å²) in [5.41, 5.74) is -3.39. The van der Waals surface area contributed by atoms with Gasteiger partial charge in [0.1, 0.15) is 5.75 Å². The fraction of sp³-hybridized carbons (Fsp3) is 0.333. The molecule has 3 N–H and O–H groups in total. The van der Waals surface area contributed by atoms with Gasteiger partial charge in [0.2, 0.25) is 0 Å². The molecule has 0 aliphatic heterocycles. The molecule has 0 heterocycles. The lowest BCUT2D eigenvalue weighted by molar-refractivity contribution is -0.0429. The molecule has 1 aliphatic carbocycles. The van der Waals surface area contributed by atoms with E-state index in [0.29, 0.717) is 30.4 Å². The minimum atomic E-state index is -5.48. The number of aliphatic hydroxyl groups is 1. The Kier molecular flexibility index (Phi) is 5.09. The van der Waals surface area contributed by atoms with E-state index in [1.807, 2.05) is 0 Å². The molecule has 0 radical (unpaired) electrons. The molecule has 0 saturated carbocycles. The van der Waals surface area contributed by atoms with Crippen molar-refractivity contribution in [1.82, 2.24) is 0 Å². The molecule has 0 bridgehead atoms. The van der Waals surface area contributed by atoms with E-state index in [1.165, 1.54) is 29.0 Å². The summed E-state index contributed by atoms with van der Waals surface area (Å²) >= 11 is 0. The van der Waals surface area contributed by atoms with Crippen molar-refractivity contribution in [1.29, 1.82) is 0 Å². The molecule has 0 amide bonds. The maximum Gasteiger partial charge on any atom is 0.516 e. The third-order valence-corrected chi connectivity index (χ3v) is 5.77. The van der Waals surface area contributed by atoms with Crippen LogP contribution in [0.15, 0.2) is 42.5 Å². The maximum absolute atomic E-state index is 12.5. The van der Waals surface area contributed by atoms with Gasteiger partial charge in [-0.05, 0) is 66.1 Å². The first-order valence-electron chi connectivity index (χ1n) is 8.25. The fourth-order valence-corrected chi connectivity index (χ4v) is 3.88. The summed E-state index contributed by atoms with van der Waals surface area (Å²) in [5, 5.41) is 20.2. The van der Waals surface area contributed by atoms with Crippen LogP contribution >= 0.6 is 0 Å². The average molecular weight is 401 g/mol. The first-order valence-corrected chi connectivity index (χ1v) is 9.73. The second-order valence-electron chi connectivity index (χ2n) is 6.58. The lowest BCUT2D eigenvalue weighted by Gasteiger charge is -2.30. The van der Waals surface area contributed by atoms with Crippen LogP contribution in [0.3, 0.4) is 0 Å². The van der Waals surface area contributed by atoms with Crippen LogP contribution in [0, 0.1) is 5.92 Å². The monoisotopic (exact) mass is 401 g/mol. The standard InChI is InChI=1S/C18H18F3NO4S/c19-18(20,21)27(25,26)22-14-3-1-2-11(9-14)8-13-5-4-12-6-7-15(23)10-16(12)17(13)24/h1-3,6-7,9-10,13,17,22-24H,4-5,8H2/t13-,17+/m1/s1. The highest BCUT2D eigenvalue weighted by Gasteiger charge is 2.46. The van der Waals surface area contributed by atoms with Crippen molar-refractivity contribution >= 4 is 15.7 Å². The summed E-state index contributed by atoms with van der Waals surface area (Å²) in [6.45, 7) is 0. The second-order valence-corrected chi connectivity index (χ2v) is 8.26. The zero-order valence-electron chi connectivity index (χ0n) is 14.1. The quantitative estimate of drug-likeness (QED) is 0.732. The number of aliphatic hydroxyl groups excluding tert-OH is 1. The predicted molar refractivity (Wildman–Crippen MR) is 93.6 cm³/mol. The van der Waals surface area contributed by atoms with Crippen LogP contribution in [0.25, 0.3) is 0 Å². The molecule has 27 heavy (non-hydrogen) atoms. The third kappa shape index (κ3) is 4.19. The highest BCUT2D eigenvalue weighted by molar-refractivity contribution is 7.93. The van der Waals surface area contributed by atoms with E-state index in [0.717, 1.165) is 5.56 Å². The van der Waals surface area contributed by atoms with Crippen molar-refractivity contribution in [2.45, 2.75) is 30.9 Å². The topological polar surface area (TPSA) is 86.6 Å². The molecular formula is C18H18F3NO4S. The lowest BCUT2D eigenvalue weighted by Crippen LogP contribution is -2.30. The largest absolute Gasteiger partial charge is 0.516 e. The van der Waals surface area contributed by atoms with E-state index in [4.69, 9.17) is 0 Å². The summed E-state index contributed by atoms with van der Waals surface area (Å²) in [7, 11) is -5.48. The van der Waals surface area contributed by atoms with Crippen molar-refractivity contribution in [2.75, 3.05) is 4.72 Å². The minimum absolute atomic E-state index is 0.0528.